The third-order valence-corrected chi connectivity index (χ3v) is 4.51. The highest BCUT2D eigenvalue weighted by Crippen LogP contribution is 2.30. The van der Waals surface area contributed by atoms with E-state index in [1.807, 2.05) is 6.07 Å². The lowest BCUT2D eigenvalue weighted by atomic mass is 10.0. The van der Waals surface area contributed by atoms with Crippen LogP contribution < -0.4 is 10.1 Å². The zero-order valence-corrected chi connectivity index (χ0v) is 14.9. The highest BCUT2D eigenvalue weighted by molar-refractivity contribution is 9.10. The van der Waals surface area contributed by atoms with Gasteiger partial charge in [0.2, 0.25) is 0 Å². The van der Waals surface area contributed by atoms with Crippen molar-refractivity contribution in [2.75, 3.05) is 13.1 Å². The predicted octanol–water partition coefficient (Wildman–Crippen LogP) is 4.95. The van der Waals surface area contributed by atoms with Gasteiger partial charge in [-0.05, 0) is 42.6 Å². The smallest absolute Gasteiger partial charge is 0.123 e. The first-order chi connectivity index (χ1) is 10.1. The third kappa shape index (κ3) is 5.99. The van der Waals surface area contributed by atoms with Crippen LogP contribution in [0.3, 0.4) is 0 Å². The Morgan fingerprint density at radius 2 is 2.05 bits per heavy atom. The number of rotatable bonds is 9. The molecule has 1 aromatic rings. The van der Waals surface area contributed by atoms with E-state index < -0.39 is 0 Å². The molecule has 1 N–H and O–H groups in total. The molecule has 2 nitrogen and oxygen atoms in total. The van der Waals surface area contributed by atoms with Gasteiger partial charge in [-0.25, -0.2) is 0 Å². The Hall–Kier alpha value is -0.540. The van der Waals surface area contributed by atoms with Crippen LogP contribution in [0.25, 0.3) is 0 Å². The molecule has 1 aliphatic heterocycles. The highest BCUT2D eigenvalue weighted by Gasteiger charge is 2.22. The number of fused-ring (bicyclic) bond motifs is 1. The largest absolute Gasteiger partial charge is 0.488 e. The van der Waals surface area contributed by atoms with E-state index in [0.29, 0.717) is 6.10 Å². The maximum absolute atomic E-state index is 5.95. The van der Waals surface area contributed by atoms with E-state index in [1.54, 1.807) is 0 Å². The first-order valence-corrected chi connectivity index (χ1v) is 9.10. The molecular weight excluding hydrogens is 326 g/mol. The van der Waals surface area contributed by atoms with Gasteiger partial charge in [0.25, 0.3) is 0 Å². The van der Waals surface area contributed by atoms with Crippen LogP contribution >= 0.6 is 15.9 Å². The Morgan fingerprint density at radius 3 is 2.86 bits per heavy atom. The summed E-state index contributed by atoms with van der Waals surface area (Å²) in [7, 11) is 0. The van der Waals surface area contributed by atoms with Crippen molar-refractivity contribution in [3.05, 3.63) is 28.2 Å². The number of unbranched alkanes of at least 4 members (excludes halogenated alkanes) is 3. The van der Waals surface area contributed by atoms with Gasteiger partial charge in [-0.1, -0.05) is 55.5 Å². The molecule has 1 aromatic carbocycles. The Labute approximate surface area is 137 Å². The van der Waals surface area contributed by atoms with Crippen molar-refractivity contribution in [1.29, 1.82) is 0 Å². The molecule has 0 aliphatic carbocycles. The number of nitrogens with one attached hydrogen (secondary N) is 1. The zero-order valence-electron chi connectivity index (χ0n) is 13.3. The van der Waals surface area contributed by atoms with Gasteiger partial charge in [-0.3, -0.25) is 0 Å². The number of benzene rings is 1. The van der Waals surface area contributed by atoms with Crippen LogP contribution in [0, 0.1) is 5.92 Å². The summed E-state index contributed by atoms with van der Waals surface area (Å²) < 4.78 is 7.09. The molecular formula is C18H28BrNO. The Balaban J connectivity index is 1.51. The highest BCUT2D eigenvalue weighted by atomic mass is 79.9. The maximum atomic E-state index is 5.95. The maximum Gasteiger partial charge on any atom is 0.123 e. The number of ether oxygens (including phenoxy) is 1. The number of hydrogen-bond acceptors (Lipinski definition) is 2. The van der Waals surface area contributed by atoms with Gasteiger partial charge in [0.1, 0.15) is 11.9 Å². The van der Waals surface area contributed by atoms with Crippen LogP contribution in [0.15, 0.2) is 22.7 Å². The number of hydrogen-bond donors (Lipinski definition) is 1. The molecule has 0 bridgehead atoms. The Bertz CT molecular complexity index is 433. The average molecular weight is 354 g/mol. The zero-order chi connectivity index (χ0) is 15.1. The van der Waals surface area contributed by atoms with Gasteiger partial charge in [-0.15, -0.1) is 0 Å². The Morgan fingerprint density at radius 1 is 1.24 bits per heavy atom. The van der Waals surface area contributed by atoms with Gasteiger partial charge in [0.05, 0.1) is 0 Å². The topological polar surface area (TPSA) is 21.3 Å². The molecule has 0 amide bonds. The monoisotopic (exact) mass is 353 g/mol. The molecule has 0 saturated carbocycles. The van der Waals surface area contributed by atoms with E-state index in [9.17, 15) is 0 Å². The first-order valence-electron chi connectivity index (χ1n) is 8.31. The van der Waals surface area contributed by atoms with Crippen LogP contribution in [0.1, 0.15) is 51.5 Å². The van der Waals surface area contributed by atoms with E-state index in [4.69, 9.17) is 4.74 Å². The van der Waals surface area contributed by atoms with Crippen molar-refractivity contribution in [3.8, 4) is 5.75 Å². The molecule has 2 rings (SSSR count). The lowest BCUT2D eigenvalue weighted by Crippen LogP contribution is -2.30. The van der Waals surface area contributed by atoms with Crippen molar-refractivity contribution in [2.24, 2.45) is 5.92 Å². The van der Waals surface area contributed by atoms with Crippen molar-refractivity contribution in [3.63, 3.8) is 0 Å². The lowest BCUT2D eigenvalue weighted by Gasteiger charge is -2.11. The van der Waals surface area contributed by atoms with Crippen molar-refractivity contribution >= 4 is 15.9 Å². The van der Waals surface area contributed by atoms with Crippen LogP contribution in [0.5, 0.6) is 5.75 Å². The SMILES string of the molecule is CC(C)CCCCCCNCC1Cc2cc(Br)ccc2O1. The normalized spacial score (nSPS) is 17.0. The van der Waals surface area contributed by atoms with Gasteiger partial charge in [0.15, 0.2) is 0 Å². The molecule has 0 aromatic heterocycles. The standard InChI is InChI=1S/C18H28BrNO/c1-14(2)7-5-3-4-6-10-20-13-17-12-15-11-16(19)8-9-18(15)21-17/h8-9,11,14,17,20H,3-7,10,12-13H2,1-2H3. The molecule has 1 atom stereocenters. The molecule has 118 valence electrons. The lowest BCUT2D eigenvalue weighted by molar-refractivity contribution is 0.227. The second-order valence-electron chi connectivity index (χ2n) is 6.50. The van der Waals surface area contributed by atoms with E-state index in [1.165, 1.54) is 37.7 Å². The molecule has 0 saturated heterocycles. The molecule has 1 aliphatic rings. The van der Waals surface area contributed by atoms with E-state index in [0.717, 1.165) is 35.7 Å². The van der Waals surface area contributed by atoms with Crippen LogP contribution in [0.2, 0.25) is 0 Å². The second kappa shape index (κ2) is 8.79. The van der Waals surface area contributed by atoms with Crippen LogP contribution in [-0.2, 0) is 6.42 Å². The van der Waals surface area contributed by atoms with E-state index >= 15 is 0 Å². The van der Waals surface area contributed by atoms with Gasteiger partial charge < -0.3 is 10.1 Å². The molecule has 21 heavy (non-hydrogen) atoms. The summed E-state index contributed by atoms with van der Waals surface area (Å²) in [6, 6.07) is 6.28. The second-order valence-corrected chi connectivity index (χ2v) is 7.41. The fourth-order valence-corrected chi connectivity index (χ4v) is 3.23. The van der Waals surface area contributed by atoms with Crippen LogP contribution in [-0.4, -0.2) is 19.2 Å². The molecule has 0 fully saturated rings. The summed E-state index contributed by atoms with van der Waals surface area (Å²) in [6.07, 6.45) is 8.08. The summed E-state index contributed by atoms with van der Waals surface area (Å²) in [5, 5.41) is 3.54. The summed E-state index contributed by atoms with van der Waals surface area (Å²) in [4.78, 5) is 0. The molecule has 0 radical (unpaired) electrons. The van der Waals surface area contributed by atoms with Crippen molar-refractivity contribution in [1.82, 2.24) is 5.32 Å². The summed E-state index contributed by atoms with van der Waals surface area (Å²) in [5.74, 6) is 1.91. The molecule has 1 heterocycles. The van der Waals surface area contributed by atoms with E-state index in [-0.39, 0.29) is 0 Å². The van der Waals surface area contributed by atoms with Gasteiger partial charge in [0, 0.05) is 17.4 Å². The third-order valence-electron chi connectivity index (χ3n) is 4.02. The van der Waals surface area contributed by atoms with Gasteiger partial charge in [-0.2, -0.15) is 0 Å². The first kappa shape index (κ1) is 16.8. The van der Waals surface area contributed by atoms with Crippen LogP contribution in [0.4, 0.5) is 0 Å². The predicted molar refractivity (Wildman–Crippen MR) is 93.1 cm³/mol. The minimum absolute atomic E-state index is 0.301. The minimum atomic E-state index is 0.301. The quantitative estimate of drug-likeness (QED) is 0.634. The number of halogens is 1. The van der Waals surface area contributed by atoms with Gasteiger partial charge >= 0.3 is 0 Å². The fourth-order valence-electron chi connectivity index (χ4n) is 2.82. The van der Waals surface area contributed by atoms with Crippen molar-refractivity contribution < 1.29 is 4.74 Å². The summed E-state index contributed by atoms with van der Waals surface area (Å²) in [5.41, 5.74) is 1.32. The summed E-state index contributed by atoms with van der Waals surface area (Å²) >= 11 is 3.52. The molecule has 0 spiro atoms. The van der Waals surface area contributed by atoms with E-state index in [2.05, 4.69) is 47.2 Å². The van der Waals surface area contributed by atoms with Crippen molar-refractivity contribution in [2.45, 2.75) is 58.5 Å². The minimum Gasteiger partial charge on any atom is -0.488 e. The Kier molecular flexibility index (Phi) is 7.05. The fraction of sp³-hybridized carbons (Fsp3) is 0.667. The molecule has 1 unspecified atom stereocenters. The average Bonchev–Trinajstić information content (AvgIpc) is 2.83. The summed E-state index contributed by atoms with van der Waals surface area (Å²) in [6.45, 7) is 6.68. The molecule has 3 heteroatoms.